The third kappa shape index (κ3) is 3.38. The Bertz CT molecular complexity index is 956. The van der Waals surface area contributed by atoms with Crippen molar-refractivity contribution in [3.8, 4) is 22.3 Å². The van der Waals surface area contributed by atoms with Crippen LogP contribution in [0.4, 0.5) is 11.4 Å². The number of anilines is 2. The van der Waals surface area contributed by atoms with Gasteiger partial charge in [0.15, 0.2) is 0 Å². The molecule has 1 heteroatoms. The van der Waals surface area contributed by atoms with Crippen LogP contribution in [0, 0.1) is 0 Å². The molecule has 0 amide bonds. The van der Waals surface area contributed by atoms with Crippen LogP contribution < -0.4 is 4.90 Å². The molecule has 4 rings (SSSR count). The Balaban J connectivity index is 1.55. The number of nitrogens with zero attached hydrogens (tertiary/aromatic N) is 1. The molecule has 0 spiro atoms. The molecule has 0 bridgehead atoms. The Morgan fingerprint density at radius 3 is 1.23 bits per heavy atom. The van der Waals surface area contributed by atoms with Crippen molar-refractivity contribution in [2.75, 3.05) is 11.9 Å². The van der Waals surface area contributed by atoms with Gasteiger partial charge in [-0.05, 0) is 46.5 Å². The quantitative estimate of drug-likeness (QED) is 0.397. The highest BCUT2D eigenvalue weighted by Gasteiger charge is 2.04. The van der Waals surface area contributed by atoms with E-state index in [1.54, 1.807) is 0 Å². The van der Waals surface area contributed by atoms with Crippen molar-refractivity contribution in [2.45, 2.75) is 0 Å². The molecule has 0 aliphatic rings. The molecule has 1 nitrogen and oxygen atoms in total. The van der Waals surface area contributed by atoms with E-state index < -0.39 is 0 Å². The maximum absolute atomic E-state index is 2.20. The molecule has 0 unspecified atom stereocenters. The van der Waals surface area contributed by atoms with Gasteiger partial charge in [-0.1, -0.05) is 84.9 Å². The highest BCUT2D eigenvalue weighted by atomic mass is 15.1. The van der Waals surface area contributed by atoms with Gasteiger partial charge in [0, 0.05) is 18.4 Å². The molecule has 0 aliphatic heterocycles. The average Bonchev–Trinajstić information content (AvgIpc) is 2.75. The van der Waals surface area contributed by atoms with E-state index in [2.05, 4.69) is 109 Å². The van der Waals surface area contributed by atoms with Crippen molar-refractivity contribution >= 4 is 11.4 Å². The van der Waals surface area contributed by atoms with Crippen LogP contribution in [0.15, 0.2) is 109 Å². The van der Waals surface area contributed by atoms with E-state index in [0.29, 0.717) is 0 Å². The van der Waals surface area contributed by atoms with Crippen molar-refractivity contribution in [1.82, 2.24) is 0 Å². The van der Waals surface area contributed by atoms with Gasteiger partial charge < -0.3 is 4.90 Å². The fraction of sp³-hybridized carbons (Fsp3) is 0.0400. The summed E-state index contributed by atoms with van der Waals surface area (Å²) in [6.07, 6.45) is 0. The van der Waals surface area contributed by atoms with Gasteiger partial charge in [-0.25, -0.2) is 0 Å². The molecular weight excluding hydrogens is 314 g/mol. The van der Waals surface area contributed by atoms with Gasteiger partial charge in [-0.15, -0.1) is 0 Å². The first-order chi connectivity index (χ1) is 12.8. The summed E-state index contributed by atoms with van der Waals surface area (Å²) < 4.78 is 0. The van der Waals surface area contributed by atoms with Crippen LogP contribution in [0.1, 0.15) is 0 Å². The first-order valence-electron chi connectivity index (χ1n) is 8.86. The Kier molecular flexibility index (Phi) is 4.53. The van der Waals surface area contributed by atoms with Crippen molar-refractivity contribution in [1.29, 1.82) is 0 Å². The molecule has 0 atom stereocenters. The molecule has 0 heterocycles. The van der Waals surface area contributed by atoms with Crippen molar-refractivity contribution in [3.05, 3.63) is 109 Å². The second-order valence-electron chi connectivity index (χ2n) is 6.38. The Morgan fingerprint density at radius 2 is 0.731 bits per heavy atom. The summed E-state index contributed by atoms with van der Waals surface area (Å²) in [6, 6.07) is 38.4. The minimum Gasteiger partial charge on any atom is -0.345 e. The molecule has 26 heavy (non-hydrogen) atoms. The third-order valence-corrected chi connectivity index (χ3v) is 4.72. The zero-order valence-corrected chi connectivity index (χ0v) is 14.8. The van der Waals surface area contributed by atoms with Gasteiger partial charge in [0.25, 0.3) is 0 Å². The summed E-state index contributed by atoms with van der Waals surface area (Å²) in [5.41, 5.74) is 7.33. The largest absolute Gasteiger partial charge is 0.345 e. The zero-order valence-electron chi connectivity index (χ0n) is 14.8. The topological polar surface area (TPSA) is 3.24 Å². The molecule has 0 saturated carbocycles. The summed E-state index contributed by atoms with van der Waals surface area (Å²) in [6.45, 7) is 0. The second-order valence-corrected chi connectivity index (χ2v) is 6.38. The van der Waals surface area contributed by atoms with Crippen LogP contribution >= 0.6 is 0 Å². The normalized spacial score (nSPS) is 10.5. The Hall–Kier alpha value is -3.32. The molecule has 0 N–H and O–H groups in total. The lowest BCUT2D eigenvalue weighted by atomic mass is 10.00. The minimum absolute atomic E-state index is 1.18. The van der Waals surface area contributed by atoms with Gasteiger partial charge in [0.1, 0.15) is 0 Å². The average molecular weight is 335 g/mol. The van der Waals surface area contributed by atoms with E-state index in [4.69, 9.17) is 0 Å². The van der Waals surface area contributed by atoms with Crippen LogP contribution in [0.25, 0.3) is 22.3 Å². The van der Waals surface area contributed by atoms with Crippen LogP contribution in [-0.2, 0) is 0 Å². The number of hydrogen-bond acceptors (Lipinski definition) is 1. The molecular formula is C25H21N. The van der Waals surface area contributed by atoms with Gasteiger partial charge >= 0.3 is 0 Å². The molecule has 0 aliphatic carbocycles. The number of rotatable bonds is 4. The van der Waals surface area contributed by atoms with Crippen LogP contribution in [0.5, 0.6) is 0 Å². The minimum atomic E-state index is 1.18. The van der Waals surface area contributed by atoms with Gasteiger partial charge in [-0.3, -0.25) is 0 Å². The van der Waals surface area contributed by atoms with Gasteiger partial charge in [0.05, 0.1) is 0 Å². The lowest BCUT2D eigenvalue weighted by molar-refractivity contribution is 1.21. The van der Waals surface area contributed by atoms with E-state index in [0.717, 1.165) is 0 Å². The number of benzene rings is 4. The van der Waals surface area contributed by atoms with E-state index in [-0.39, 0.29) is 0 Å². The van der Waals surface area contributed by atoms with E-state index in [1.807, 2.05) is 12.1 Å². The first-order valence-corrected chi connectivity index (χ1v) is 8.86. The summed E-state index contributed by atoms with van der Waals surface area (Å²) in [5, 5.41) is 0. The monoisotopic (exact) mass is 335 g/mol. The maximum atomic E-state index is 2.20. The molecule has 0 fully saturated rings. The second kappa shape index (κ2) is 7.28. The lowest BCUT2D eigenvalue weighted by Crippen LogP contribution is -2.08. The standard InChI is InChI=1S/C25H21N/c1-26(24-10-6-3-7-11-24)25-18-16-23(17-19-25)22-14-12-21(13-15-22)20-8-4-2-5-9-20/h2-19H,1H3. The summed E-state index contributed by atoms with van der Waals surface area (Å²) in [7, 11) is 2.10. The van der Waals surface area contributed by atoms with Crippen molar-refractivity contribution in [3.63, 3.8) is 0 Å². The molecule has 126 valence electrons. The predicted octanol–water partition coefficient (Wildman–Crippen LogP) is 6.79. The number of para-hydroxylation sites is 1. The molecule has 4 aromatic rings. The van der Waals surface area contributed by atoms with Crippen LogP contribution in [0.3, 0.4) is 0 Å². The van der Waals surface area contributed by atoms with Gasteiger partial charge in [-0.2, -0.15) is 0 Å². The SMILES string of the molecule is CN(c1ccccc1)c1ccc(-c2ccc(-c3ccccc3)cc2)cc1. The van der Waals surface area contributed by atoms with E-state index in [9.17, 15) is 0 Å². The molecule has 0 aromatic heterocycles. The Morgan fingerprint density at radius 1 is 0.385 bits per heavy atom. The Labute approximate surface area is 155 Å². The van der Waals surface area contributed by atoms with Crippen molar-refractivity contribution in [2.24, 2.45) is 0 Å². The molecule has 4 aromatic carbocycles. The van der Waals surface area contributed by atoms with E-state index >= 15 is 0 Å². The maximum Gasteiger partial charge on any atom is 0.0408 e. The summed E-state index contributed by atoms with van der Waals surface area (Å²) in [5.74, 6) is 0. The molecule has 0 saturated heterocycles. The van der Waals surface area contributed by atoms with E-state index in [1.165, 1.54) is 33.6 Å². The highest BCUT2D eigenvalue weighted by Crippen LogP contribution is 2.28. The zero-order chi connectivity index (χ0) is 17.8. The fourth-order valence-electron chi connectivity index (χ4n) is 3.16. The van der Waals surface area contributed by atoms with Crippen LogP contribution in [-0.4, -0.2) is 7.05 Å². The first kappa shape index (κ1) is 16.2. The summed E-state index contributed by atoms with van der Waals surface area (Å²) in [4.78, 5) is 2.20. The smallest absolute Gasteiger partial charge is 0.0408 e. The molecule has 0 radical (unpaired) electrons. The number of hydrogen-bond donors (Lipinski definition) is 0. The lowest BCUT2D eigenvalue weighted by Gasteiger charge is -2.19. The van der Waals surface area contributed by atoms with Crippen molar-refractivity contribution < 1.29 is 0 Å². The highest BCUT2D eigenvalue weighted by molar-refractivity contribution is 5.72. The van der Waals surface area contributed by atoms with Gasteiger partial charge in [0.2, 0.25) is 0 Å². The summed E-state index contributed by atoms with van der Waals surface area (Å²) >= 11 is 0. The predicted molar refractivity (Wildman–Crippen MR) is 112 cm³/mol. The van der Waals surface area contributed by atoms with Crippen LogP contribution in [0.2, 0.25) is 0 Å². The fourth-order valence-corrected chi connectivity index (χ4v) is 3.16. The third-order valence-electron chi connectivity index (χ3n) is 4.72.